The van der Waals surface area contributed by atoms with Crippen LogP contribution in [0.5, 0.6) is 11.5 Å². The molecule has 0 fully saturated rings. The molecule has 3 N–H and O–H groups in total. The lowest BCUT2D eigenvalue weighted by molar-refractivity contribution is -0.138. The van der Waals surface area contributed by atoms with Gasteiger partial charge in [-0.05, 0) is 61.2 Å². The van der Waals surface area contributed by atoms with Gasteiger partial charge in [-0.15, -0.1) is 0 Å². The van der Waals surface area contributed by atoms with Crippen molar-refractivity contribution in [3.63, 3.8) is 0 Å². The summed E-state index contributed by atoms with van der Waals surface area (Å²) in [5, 5.41) is 8.74. The van der Waals surface area contributed by atoms with Crippen molar-refractivity contribution in [2.75, 3.05) is 0 Å². The molecule has 0 radical (unpaired) electrons. The molecule has 2 rings (SSSR count). The zero-order chi connectivity index (χ0) is 18.0. The topological polar surface area (TPSA) is 72.5 Å². The minimum Gasteiger partial charge on any atom is -0.480 e. The first-order valence-corrected chi connectivity index (χ1v) is 7.10. The Balaban J connectivity index is 2.30. The maximum Gasteiger partial charge on any atom is 0.320 e. The Morgan fingerprint density at radius 1 is 1.12 bits per heavy atom. The van der Waals surface area contributed by atoms with E-state index in [4.69, 9.17) is 15.6 Å². The number of carboxylic acid groups (broad SMARTS) is 1. The summed E-state index contributed by atoms with van der Waals surface area (Å²) in [5.41, 5.74) is 6.02. The minimum absolute atomic E-state index is 0.0960. The second kappa shape index (κ2) is 6.92. The molecule has 0 aliphatic rings. The maximum absolute atomic E-state index is 14.1. The summed E-state index contributed by atoms with van der Waals surface area (Å²) < 4.78 is 47.0. The summed E-state index contributed by atoms with van der Waals surface area (Å²) >= 11 is 0. The highest BCUT2D eigenvalue weighted by atomic mass is 19.1. The summed E-state index contributed by atoms with van der Waals surface area (Å²) in [6.45, 7) is 3.02. The number of halogens is 3. The van der Waals surface area contributed by atoms with Crippen LogP contribution in [0.25, 0.3) is 0 Å². The van der Waals surface area contributed by atoms with Crippen LogP contribution < -0.4 is 10.5 Å². The van der Waals surface area contributed by atoms with Gasteiger partial charge in [0.25, 0.3) is 0 Å². The van der Waals surface area contributed by atoms with Gasteiger partial charge in [-0.2, -0.15) is 0 Å². The number of ether oxygens (including phenoxy) is 1. The highest BCUT2D eigenvalue weighted by molar-refractivity contribution is 5.73. The average molecular weight is 339 g/mol. The molecule has 0 aliphatic heterocycles. The maximum atomic E-state index is 14.1. The molecule has 0 aromatic heterocycles. The molecule has 7 heteroatoms. The van der Waals surface area contributed by atoms with Gasteiger partial charge in [-0.3, -0.25) is 4.79 Å². The number of benzene rings is 2. The lowest BCUT2D eigenvalue weighted by atomic mass is 10.1. The number of aliphatic carboxylic acids is 1. The van der Waals surface area contributed by atoms with Crippen molar-refractivity contribution in [2.45, 2.75) is 26.3 Å². The number of carbonyl (C=O) groups is 1. The molecule has 2 aromatic rings. The second-order valence-electron chi connectivity index (χ2n) is 5.51. The summed E-state index contributed by atoms with van der Waals surface area (Å²) in [5.74, 6) is -4.23. The molecule has 0 heterocycles. The Morgan fingerprint density at radius 3 is 2.08 bits per heavy atom. The number of hydrogen-bond acceptors (Lipinski definition) is 3. The number of rotatable bonds is 5. The number of nitrogens with two attached hydrogens (primary N) is 1. The van der Waals surface area contributed by atoms with Crippen molar-refractivity contribution in [3.05, 3.63) is 58.4 Å². The molecule has 0 saturated carbocycles. The first-order chi connectivity index (χ1) is 11.2. The van der Waals surface area contributed by atoms with Crippen LogP contribution in [-0.4, -0.2) is 17.1 Å². The van der Waals surface area contributed by atoms with Gasteiger partial charge in [0, 0.05) is 0 Å². The SMILES string of the molecule is Cc1cc(Oc2c(F)cc(CC(N)C(=O)O)cc2F)cc(C)c1F. The Morgan fingerprint density at radius 2 is 1.62 bits per heavy atom. The molecule has 24 heavy (non-hydrogen) atoms. The molecule has 0 saturated heterocycles. The van der Waals surface area contributed by atoms with Gasteiger partial charge in [-0.1, -0.05) is 0 Å². The monoisotopic (exact) mass is 339 g/mol. The molecule has 128 valence electrons. The van der Waals surface area contributed by atoms with Crippen molar-refractivity contribution in [1.82, 2.24) is 0 Å². The largest absolute Gasteiger partial charge is 0.480 e. The standard InChI is InChI=1S/C17H16F3NO3/c1-8-3-11(4-9(2)15(8)20)24-16-12(18)5-10(6-13(16)19)7-14(21)17(22)23/h3-6,14H,7,21H2,1-2H3,(H,22,23). The van der Waals surface area contributed by atoms with Crippen LogP contribution in [0.3, 0.4) is 0 Å². The van der Waals surface area contributed by atoms with E-state index >= 15 is 0 Å². The predicted molar refractivity (Wildman–Crippen MR) is 81.6 cm³/mol. The van der Waals surface area contributed by atoms with Crippen LogP contribution in [0.2, 0.25) is 0 Å². The highest BCUT2D eigenvalue weighted by Gasteiger charge is 2.18. The fourth-order valence-electron chi connectivity index (χ4n) is 2.25. The van der Waals surface area contributed by atoms with Crippen LogP contribution in [0, 0.1) is 31.3 Å². The van der Waals surface area contributed by atoms with E-state index in [1.165, 1.54) is 26.0 Å². The van der Waals surface area contributed by atoms with Gasteiger partial charge in [0.05, 0.1) is 0 Å². The van der Waals surface area contributed by atoms with Crippen LogP contribution in [0.15, 0.2) is 24.3 Å². The molecule has 0 bridgehead atoms. The van der Waals surface area contributed by atoms with Gasteiger partial charge < -0.3 is 15.6 Å². The van der Waals surface area contributed by atoms with Crippen molar-refractivity contribution in [3.8, 4) is 11.5 Å². The predicted octanol–water partition coefficient (Wildman–Crippen LogP) is 3.47. The van der Waals surface area contributed by atoms with Crippen molar-refractivity contribution < 1.29 is 27.8 Å². The lowest BCUT2D eigenvalue weighted by Gasteiger charge is -2.12. The quantitative estimate of drug-likeness (QED) is 0.875. The first-order valence-electron chi connectivity index (χ1n) is 7.10. The van der Waals surface area contributed by atoms with Crippen LogP contribution in [0.4, 0.5) is 13.2 Å². The van der Waals surface area contributed by atoms with E-state index in [0.717, 1.165) is 12.1 Å². The van der Waals surface area contributed by atoms with Crippen LogP contribution >= 0.6 is 0 Å². The zero-order valence-corrected chi connectivity index (χ0v) is 13.1. The smallest absolute Gasteiger partial charge is 0.320 e. The number of carboxylic acids is 1. The molecule has 2 aromatic carbocycles. The van der Waals surface area contributed by atoms with Crippen LogP contribution in [-0.2, 0) is 11.2 Å². The third kappa shape index (κ3) is 3.86. The normalized spacial score (nSPS) is 12.1. The third-order valence-corrected chi connectivity index (χ3v) is 3.46. The number of aryl methyl sites for hydroxylation is 2. The average Bonchev–Trinajstić information content (AvgIpc) is 2.48. The molecular weight excluding hydrogens is 323 g/mol. The second-order valence-corrected chi connectivity index (χ2v) is 5.51. The molecule has 1 unspecified atom stereocenters. The summed E-state index contributed by atoms with van der Waals surface area (Å²) in [4.78, 5) is 10.7. The fourth-order valence-corrected chi connectivity index (χ4v) is 2.25. The summed E-state index contributed by atoms with van der Waals surface area (Å²) in [6, 6.07) is 3.32. The summed E-state index contributed by atoms with van der Waals surface area (Å²) in [7, 11) is 0. The van der Waals surface area contributed by atoms with E-state index in [1.54, 1.807) is 0 Å². The zero-order valence-electron chi connectivity index (χ0n) is 13.1. The molecule has 0 amide bonds. The summed E-state index contributed by atoms with van der Waals surface area (Å²) in [6.07, 6.45) is -0.224. The van der Waals surface area contributed by atoms with Crippen LogP contribution in [0.1, 0.15) is 16.7 Å². The third-order valence-electron chi connectivity index (χ3n) is 3.46. The Bertz CT molecular complexity index is 747. The molecular formula is C17H16F3NO3. The molecule has 4 nitrogen and oxygen atoms in total. The molecule has 0 aliphatic carbocycles. The van der Waals surface area contributed by atoms with Gasteiger partial charge in [0.1, 0.15) is 17.6 Å². The van der Waals surface area contributed by atoms with Gasteiger partial charge in [0.15, 0.2) is 17.4 Å². The Labute approximate surface area is 136 Å². The van der Waals surface area contributed by atoms with Gasteiger partial charge in [0.2, 0.25) is 0 Å². The fraction of sp³-hybridized carbons (Fsp3) is 0.235. The Kier molecular flexibility index (Phi) is 5.14. The Hall–Kier alpha value is -2.54. The van der Waals surface area contributed by atoms with E-state index in [-0.39, 0.29) is 28.9 Å². The minimum atomic E-state index is -1.27. The molecule has 1 atom stereocenters. The van der Waals surface area contributed by atoms with E-state index in [0.29, 0.717) is 0 Å². The van der Waals surface area contributed by atoms with E-state index < -0.39 is 35.2 Å². The number of hydrogen-bond donors (Lipinski definition) is 2. The van der Waals surface area contributed by atoms with Gasteiger partial charge in [-0.25, -0.2) is 13.2 Å². The van der Waals surface area contributed by atoms with Crippen molar-refractivity contribution in [2.24, 2.45) is 5.73 Å². The van der Waals surface area contributed by atoms with Crippen molar-refractivity contribution >= 4 is 5.97 Å². The van der Waals surface area contributed by atoms with E-state index in [1.807, 2.05) is 0 Å². The van der Waals surface area contributed by atoms with Gasteiger partial charge >= 0.3 is 5.97 Å². The highest BCUT2D eigenvalue weighted by Crippen LogP contribution is 2.31. The first kappa shape index (κ1) is 17.8. The van der Waals surface area contributed by atoms with Crippen molar-refractivity contribution in [1.29, 1.82) is 0 Å². The molecule has 0 spiro atoms. The van der Waals surface area contributed by atoms with E-state index in [2.05, 4.69) is 0 Å². The lowest BCUT2D eigenvalue weighted by Crippen LogP contribution is -2.32. The van der Waals surface area contributed by atoms with E-state index in [9.17, 15) is 18.0 Å².